The highest BCUT2D eigenvalue weighted by molar-refractivity contribution is 6.36. The third-order valence-corrected chi connectivity index (χ3v) is 7.01. The van der Waals surface area contributed by atoms with Crippen molar-refractivity contribution in [1.29, 1.82) is 0 Å². The van der Waals surface area contributed by atoms with Crippen molar-refractivity contribution in [3.8, 4) is 0 Å². The molecule has 0 aliphatic carbocycles. The third kappa shape index (κ3) is 3.06. The van der Waals surface area contributed by atoms with Gasteiger partial charge in [-0.1, -0.05) is 47.5 Å². The van der Waals surface area contributed by atoms with Gasteiger partial charge in [0.2, 0.25) is 11.8 Å². The lowest BCUT2D eigenvalue weighted by Crippen LogP contribution is -2.66. The van der Waals surface area contributed by atoms with E-state index in [1.807, 2.05) is 45.0 Å². The molecular formula is C24H23Cl2N3O2. The summed E-state index contributed by atoms with van der Waals surface area (Å²) in [7, 11) is 0. The molecule has 2 aliphatic rings. The Morgan fingerprint density at radius 1 is 1.00 bits per heavy atom. The molecule has 0 bridgehead atoms. The number of halogens is 2. The Labute approximate surface area is 190 Å². The van der Waals surface area contributed by atoms with Crippen LogP contribution in [0.4, 0.5) is 0 Å². The average Bonchev–Trinajstić information content (AvgIpc) is 3.07. The Hall–Kier alpha value is -2.50. The molecule has 1 N–H and O–H groups in total. The fourth-order valence-corrected chi connectivity index (χ4v) is 5.51. The van der Waals surface area contributed by atoms with E-state index in [2.05, 4.69) is 4.98 Å². The summed E-state index contributed by atoms with van der Waals surface area (Å²) in [5, 5.41) is 2.00. The molecule has 160 valence electrons. The summed E-state index contributed by atoms with van der Waals surface area (Å²) in [6.07, 6.45) is 0.453. The number of amides is 2. The van der Waals surface area contributed by atoms with Crippen molar-refractivity contribution >= 4 is 45.9 Å². The van der Waals surface area contributed by atoms with Crippen molar-refractivity contribution in [2.75, 3.05) is 6.54 Å². The number of piperazine rings is 1. The predicted octanol–water partition coefficient (Wildman–Crippen LogP) is 4.96. The fourth-order valence-electron chi connectivity index (χ4n) is 4.91. The third-order valence-electron chi connectivity index (χ3n) is 6.35. The van der Waals surface area contributed by atoms with Crippen LogP contribution < -0.4 is 0 Å². The highest BCUT2D eigenvalue weighted by atomic mass is 35.5. The van der Waals surface area contributed by atoms with Crippen LogP contribution in [0.3, 0.4) is 0 Å². The second-order valence-corrected chi connectivity index (χ2v) is 10.0. The first-order valence-corrected chi connectivity index (χ1v) is 11.1. The molecule has 1 fully saturated rings. The Balaban J connectivity index is 1.77. The molecule has 2 aromatic carbocycles. The summed E-state index contributed by atoms with van der Waals surface area (Å²) in [4.78, 5) is 34.0. The van der Waals surface area contributed by atoms with Gasteiger partial charge in [-0.15, -0.1) is 0 Å². The van der Waals surface area contributed by atoms with Gasteiger partial charge in [-0.3, -0.25) is 9.59 Å². The van der Waals surface area contributed by atoms with Crippen LogP contribution in [0.2, 0.25) is 10.0 Å². The highest BCUT2D eigenvalue weighted by Gasteiger charge is 2.50. The summed E-state index contributed by atoms with van der Waals surface area (Å²) in [6.45, 7) is 5.90. The number of para-hydroxylation sites is 1. The zero-order chi connectivity index (χ0) is 22.1. The van der Waals surface area contributed by atoms with E-state index in [1.54, 1.807) is 28.0 Å². The number of nitrogens with zero attached hydrogens (tertiary/aromatic N) is 2. The molecule has 3 aromatic rings. The zero-order valence-corrected chi connectivity index (χ0v) is 19.1. The van der Waals surface area contributed by atoms with Crippen molar-refractivity contribution < 1.29 is 9.59 Å². The summed E-state index contributed by atoms with van der Waals surface area (Å²) in [5.41, 5.74) is 3.07. The summed E-state index contributed by atoms with van der Waals surface area (Å²) in [6, 6.07) is 12.2. The Kier molecular flexibility index (Phi) is 4.61. The minimum absolute atomic E-state index is 0.0347. The van der Waals surface area contributed by atoms with Crippen LogP contribution in [-0.2, 0) is 16.0 Å². The lowest BCUT2D eigenvalue weighted by Gasteiger charge is -2.50. The maximum absolute atomic E-state index is 13.6. The van der Waals surface area contributed by atoms with Gasteiger partial charge in [0.05, 0.1) is 0 Å². The van der Waals surface area contributed by atoms with Gasteiger partial charge in [-0.2, -0.15) is 0 Å². The molecule has 2 aliphatic heterocycles. The number of carbonyl (C=O) groups excluding carboxylic acids is 2. The van der Waals surface area contributed by atoms with Crippen LogP contribution in [-0.4, -0.2) is 44.7 Å². The van der Waals surface area contributed by atoms with E-state index in [9.17, 15) is 9.59 Å². The minimum Gasteiger partial charge on any atom is -0.356 e. The van der Waals surface area contributed by atoms with Crippen LogP contribution in [0.25, 0.3) is 10.9 Å². The van der Waals surface area contributed by atoms with Gasteiger partial charge >= 0.3 is 0 Å². The molecule has 7 heteroatoms. The van der Waals surface area contributed by atoms with Gasteiger partial charge in [0.15, 0.2) is 0 Å². The molecule has 0 unspecified atom stereocenters. The first-order chi connectivity index (χ1) is 14.7. The molecule has 31 heavy (non-hydrogen) atoms. The molecule has 2 atom stereocenters. The number of fused-ring (bicyclic) bond motifs is 4. The van der Waals surface area contributed by atoms with E-state index in [1.165, 1.54) is 0 Å². The van der Waals surface area contributed by atoms with E-state index in [0.717, 1.165) is 22.2 Å². The predicted molar refractivity (Wildman–Crippen MR) is 122 cm³/mol. The fraction of sp³-hybridized carbons (Fsp3) is 0.333. The lowest BCUT2D eigenvalue weighted by molar-refractivity contribution is -0.163. The normalized spacial score (nSPS) is 21.5. The number of aromatic amines is 1. The van der Waals surface area contributed by atoms with Gasteiger partial charge in [0.1, 0.15) is 18.6 Å². The second kappa shape index (κ2) is 7.01. The van der Waals surface area contributed by atoms with Gasteiger partial charge in [0, 0.05) is 44.2 Å². The molecule has 5 rings (SSSR count). The number of hydrogen-bond acceptors (Lipinski definition) is 2. The van der Waals surface area contributed by atoms with Gasteiger partial charge in [-0.25, -0.2) is 0 Å². The minimum atomic E-state index is -0.607. The monoisotopic (exact) mass is 455 g/mol. The summed E-state index contributed by atoms with van der Waals surface area (Å²) >= 11 is 13.2. The van der Waals surface area contributed by atoms with Gasteiger partial charge < -0.3 is 14.8 Å². The smallest absolute Gasteiger partial charge is 0.246 e. The maximum atomic E-state index is 13.6. The first-order valence-electron chi connectivity index (χ1n) is 10.3. The van der Waals surface area contributed by atoms with Crippen molar-refractivity contribution in [3.63, 3.8) is 0 Å². The Bertz CT molecular complexity index is 1210. The van der Waals surface area contributed by atoms with Crippen LogP contribution in [0, 0.1) is 0 Å². The van der Waals surface area contributed by atoms with E-state index in [0.29, 0.717) is 22.0 Å². The molecule has 2 amide bonds. The molecule has 3 heterocycles. The SMILES string of the molecule is CC(C)(C)N1CC(=O)N2[C@H](c3c(Cl)cccc3Cl)c3[nH]c4ccccc4c3C[C@@H]2C1=O. The van der Waals surface area contributed by atoms with Crippen LogP contribution >= 0.6 is 23.2 Å². The first kappa shape index (κ1) is 20.4. The van der Waals surface area contributed by atoms with E-state index >= 15 is 0 Å². The van der Waals surface area contributed by atoms with Crippen molar-refractivity contribution in [3.05, 3.63) is 69.3 Å². The highest BCUT2D eigenvalue weighted by Crippen LogP contribution is 2.46. The number of H-pyrrole nitrogens is 1. The van der Waals surface area contributed by atoms with Gasteiger partial charge in [-0.05, 0) is 44.5 Å². The molecule has 1 saturated heterocycles. The average molecular weight is 456 g/mol. The molecule has 0 spiro atoms. The van der Waals surface area contributed by atoms with Crippen LogP contribution in [0.1, 0.15) is 43.6 Å². The molecule has 5 nitrogen and oxygen atoms in total. The number of carbonyl (C=O) groups is 2. The molecule has 1 aromatic heterocycles. The van der Waals surface area contributed by atoms with Crippen LogP contribution in [0.5, 0.6) is 0 Å². The Morgan fingerprint density at radius 3 is 2.35 bits per heavy atom. The summed E-state index contributed by atoms with van der Waals surface area (Å²) < 4.78 is 0. The quantitative estimate of drug-likeness (QED) is 0.563. The van der Waals surface area contributed by atoms with E-state index < -0.39 is 17.6 Å². The molecule has 0 saturated carbocycles. The zero-order valence-electron chi connectivity index (χ0n) is 17.6. The Morgan fingerprint density at radius 2 is 1.68 bits per heavy atom. The largest absolute Gasteiger partial charge is 0.356 e. The van der Waals surface area contributed by atoms with Crippen molar-refractivity contribution in [2.45, 2.75) is 44.8 Å². The number of aromatic nitrogens is 1. The van der Waals surface area contributed by atoms with Crippen molar-refractivity contribution in [1.82, 2.24) is 14.8 Å². The molecular weight excluding hydrogens is 433 g/mol. The van der Waals surface area contributed by atoms with E-state index in [-0.39, 0.29) is 18.4 Å². The van der Waals surface area contributed by atoms with Gasteiger partial charge in [0.25, 0.3) is 0 Å². The second-order valence-electron chi connectivity index (χ2n) is 9.22. The van der Waals surface area contributed by atoms with Crippen molar-refractivity contribution in [2.24, 2.45) is 0 Å². The topological polar surface area (TPSA) is 56.4 Å². The maximum Gasteiger partial charge on any atom is 0.246 e. The lowest BCUT2D eigenvalue weighted by atomic mass is 9.85. The number of benzene rings is 2. The number of hydrogen-bond donors (Lipinski definition) is 1. The summed E-state index contributed by atoms with van der Waals surface area (Å²) in [5.74, 6) is -0.152. The van der Waals surface area contributed by atoms with E-state index in [4.69, 9.17) is 23.2 Å². The number of rotatable bonds is 1. The standard InChI is InChI=1S/C24H23Cl2N3O2/c1-24(2,3)28-12-19(30)29-18(23(28)31)11-14-13-7-4-5-10-17(13)27-21(14)22(29)20-15(25)8-6-9-16(20)26/h4-10,18,22,27H,11-12H2,1-3H3/t18-,22-/m1/s1. The molecule has 0 radical (unpaired) electrons. The van der Waals surface area contributed by atoms with Crippen LogP contribution in [0.15, 0.2) is 42.5 Å². The number of nitrogens with one attached hydrogen (secondary N) is 1.